The Balaban J connectivity index is 1.92. The molecule has 0 radical (unpaired) electrons. The number of halogens is 1. The van der Waals surface area contributed by atoms with Crippen molar-refractivity contribution in [1.29, 1.82) is 0 Å². The number of rotatable bonds is 4. The van der Waals surface area contributed by atoms with Gasteiger partial charge >= 0.3 is 0 Å². The van der Waals surface area contributed by atoms with Gasteiger partial charge in [-0.25, -0.2) is 4.98 Å². The van der Waals surface area contributed by atoms with E-state index in [1.165, 1.54) is 22.2 Å². The summed E-state index contributed by atoms with van der Waals surface area (Å²) >= 11 is 7.59. The van der Waals surface area contributed by atoms with Crippen molar-refractivity contribution in [2.24, 2.45) is 0 Å². The highest BCUT2D eigenvalue weighted by molar-refractivity contribution is 7.18. The van der Waals surface area contributed by atoms with E-state index >= 15 is 0 Å². The molecule has 0 aliphatic carbocycles. The van der Waals surface area contributed by atoms with Crippen molar-refractivity contribution in [2.75, 3.05) is 5.32 Å². The van der Waals surface area contributed by atoms with Gasteiger partial charge in [0.15, 0.2) is 0 Å². The maximum atomic E-state index is 12.7. The maximum absolute atomic E-state index is 12.7. The molecule has 0 unspecified atom stereocenters. The molecule has 0 saturated heterocycles. The molecular weight excluding hydrogens is 358 g/mol. The molecule has 3 aromatic rings. The van der Waals surface area contributed by atoms with Gasteiger partial charge in [-0.3, -0.25) is 14.2 Å². The van der Waals surface area contributed by atoms with Gasteiger partial charge < -0.3 is 5.32 Å². The van der Waals surface area contributed by atoms with Gasteiger partial charge in [0.2, 0.25) is 5.91 Å². The molecule has 0 bridgehead atoms. The van der Waals surface area contributed by atoms with Crippen molar-refractivity contribution in [3.63, 3.8) is 0 Å². The molecule has 1 atom stereocenters. The zero-order valence-corrected chi connectivity index (χ0v) is 15.7. The van der Waals surface area contributed by atoms with E-state index in [0.29, 0.717) is 20.9 Å². The van der Waals surface area contributed by atoms with Gasteiger partial charge in [-0.1, -0.05) is 24.6 Å². The van der Waals surface area contributed by atoms with Crippen LogP contribution in [-0.4, -0.2) is 15.5 Å². The van der Waals surface area contributed by atoms with Crippen molar-refractivity contribution < 1.29 is 4.79 Å². The van der Waals surface area contributed by atoms with Crippen molar-refractivity contribution in [3.8, 4) is 0 Å². The molecule has 130 valence electrons. The maximum Gasteiger partial charge on any atom is 0.262 e. The summed E-state index contributed by atoms with van der Waals surface area (Å²) in [5.41, 5.74) is 1.22. The highest BCUT2D eigenvalue weighted by atomic mass is 35.5. The largest absolute Gasteiger partial charge is 0.324 e. The lowest BCUT2D eigenvalue weighted by atomic mass is 10.2. The number of thiophene rings is 1. The second-order valence-electron chi connectivity index (χ2n) is 5.82. The zero-order chi connectivity index (χ0) is 18.1. The van der Waals surface area contributed by atoms with Gasteiger partial charge in [-0.2, -0.15) is 0 Å². The van der Waals surface area contributed by atoms with Gasteiger partial charge in [0.1, 0.15) is 10.9 Å². The number of aromatic nitrogens is 2. The fourth-order valence-electron chi connectivity index (χ4n) is 2.54. The SMILES string of the molecule is CCc1cc2c(=O)n([C@@H](C)C(=O)Nc3cccc(Cl)c3C)cnc2s1. The molecule has 1 amide bonds. The second kappa shape index (κ2) is 6.98. The third kappa shape index (κ3) is 3.32. The van der Waals surface area contributed by atoms with Crippen LogP contribution in [0, 0.1) is 6.92 Å². The van der Waals surface area contributed by atoms with Crippen molar-refractivity contribution in [1.82, 2.24) is 9.55 Å². The summed E-state index contributed by atoms with van der Waals surface area (Å²) in [5, 5.41) is 3.97. The van der Waals surface area contributed by atoms with E-state index in [-0.39, 0.29) is 11.5 Å². The van der Waals surface area contributed by atoms with E-state index in [1.54, 1.807) is 25.1 Å². The Morgan fingerprint density at radius 2 is 2.20 bits per heavy atom. The minimum absolute atomic E-state index is 0.202. The van der Waals surface area contributed by atoms with Crippen LogP contribution in [0.5, 0.6) is 0 Å². The Bertz CT molecular complexity index is 1010. The first-order valence-electron chi connectivity index (χ1n) is 7.98. The van der Waals surface area contributed by atoms with Gasteiger partial charge in [-0.15, -0.1) is 11.3 Å². The average molecular weight is 376 g/mol. The third-order valence-corrected chi connectivity index (χ3v) is 5.80. The fourth-order valence-corrected chi connectivity index (χ4v) is 3.64. The van der Waals surface area contributed by atoms with Crippen molar-refractivity contribution in [2.45, 2.75) is 33.2 Å². The van der Waals surface area contributed by atoms with Crippen LogP contribution in [0.2, 0.25) is 5.02 Å². The Labute approximate surface area is 154 Å². The summed E-state index contributed by atoms with van der Waals surface area (Å²) < 4.78 is 1.36. The normalized spacial score (nSPS) is 12.3. The number of carbonyl (C=O) groups excluding carboxylic acids is 1. The number of benzene rings is 1. The molecule has 5 nitrogen and oxygen atoms in total. The molecule has 0 saturated carbocycles. The zero-order valence-electron chi connectivity index (χ0n) is 14.2. The third-order valence-electron chi connectivity index (χ3n) is 4.20. The van der Waals surface area contributed by atoms with E-state index < -0.39 is 6.04 Å². The first-order valence-corrected chi connectivity index (χ1v) is 9.17. The van der Waals surface area contributed by atoms with Crippen LogP contribution in [0.15, 0.2) is 35.4 Å². The number of nitrogens with zero attached hydrogens (tertiary/aromatic N) is 2. The minimum Gasteiger partial charge on any atom is -0.324 e. The molecule has 3 rings (SSSR count). The highest BCUT2D eigenvalue weighted by Crippen LogP contribution is 2.24. The lowest BCUT2D eigenvalue weighted by molar-refractivity contribution is -0.118. The molecule has 2 aromatic heterocycles. The average Bonchev–Trinajstić information content (AvgIpc) is 3.03. The topological polar surface area (TPSA) is 64.0 Å². The first-order chi connectivity index (χ1) is 11.9. The first kappa shape index (κ1) is 17.6. The number of hydrogen-bond donors (Lipinski definition) is 1. The molecule has 0 fully saturated rings. The Hall–Kier alpha value is -2.18. The van der Waals surface area contributed by atoms with E-state index in [2.05, 4.69) is 10.3 Å². The highest BCUT2D eigenvalue weighted by Gasteiger charge is 2.19. The van der Waals surface area contributed by atoms with Crippen molar-refractivity contribution in [3.05, 3.63) is 56.4 Å². The standard InChI is InChI=1S/C18H18ClN3O2S/c1-4-12-8-13-17(25-12)20-9-22(18(13)24)11(3)16(23)21-15-7-5-6-14(19)10(15)2/h5-9,11H,4H2,1-3H3,(H,21,23)/t11-/m0/s1. The summed E-state index contributed by atoms with van der Waals surface area (Å²) in [7, 11) is 0. The van der Waals surface area contributed by atoms with E-state index in [4.69, 9.17) is 11.6 Å². The molecular formula is C18H18ClN3O2S. The number of anilines is 1. The second-order valence-corrected chi connectivity index (χ2v) is 7.34. The van der Waals surface area contributed by atoms with Crippen LogP contribution in [-0.2, 0) is 11.2 Å². The number of amides is 1. The summed E-state index contributed by atoms with van der Waals surface area (Å²) in [6, 6.07) is 6.49. The monoisotopic (exact) mass is 375 g/mol. The molecule has 1 N–H and O–H groups in total. The molecule has 0 aliphatic heterocycles. The van der Waals surface area contributed by atoms with Crippen LogP contribution in [0.4, 0.5) is 5.69 Å². The summed E-state index contributed by atoms with van der Waals surface area (Å²) in [6.45, 7) is 5.55. The lowest BCUT2D eigenvalue weighted by Gasteiger charge is -2.16. The number of carbonyl (C=O) groups is 1. The van der Waals surface area contributed by atoms with Crippen molar-refractivity contribution >= 4 is 44.7 Å². The van der Waals surface area contributed by atoms with Crippen LogP contribution < -0.4 is 10.9 Å². The summed E-state index contributed by atoms with van der Waals surface area (Å²) in [5.74, 6) is -0.292. The Kier molecular flexibility index (Phi) is 4.92. The predicted molar refractivity (Wildman–Crippen MR) is 103 cm³/mol. The Morgan fingerprint density at radius 3 is 2.92 bits per heavy atom. The Morgan fingerprint density at radius 1 is 1.44 bits per heavy atom. The molecule has 25 heavy (non-hydrogen) atoms. The number of aryl methyl sites for hydroxylation is 1. The molecule has 7 heteroatoms. The number of nitrogens with one attached hydrogen (secondary N) is 1. The molecule has 1 aromatic carbocycles. The minimum atomic E-state index is -0.687. The van der Waals surface area contributed by atoms with E-state index in [1.807, 2.05) is 19.9 Å². The molecule has 0 spiro atoms. The van der Waals surface area contributed by atoms with Crippen LogP contribution in [0.25, 0.3) is 10.2 Å². The van der Waals surface area contributed by atoms with E-state index in [9.17, 15) is 9.59 Å². The van der Waals surface area contributed by atoms with Gasteiger partial charge in [-0.05, 0) is 44.0 Å². The summed E-state index contributed by atoms with van der Waals surface area (Å²) in [6.07, 6.45) is 2.29. The number of hydrogen-bond acceptors (Lipinski definition) is 4. The lowest BCUT2D eigenvalue weighted by Crippen LogP contribution is -2.31. The van der Waals surface area contributed by atoms with Crippen LogP contribution in [0.3, 0.4) is 0 Å². The predicted octanol–water partition coefficient (Wildman–Crippen LogP) is 4.18. The summed E-state index contributed by atoms with van der Waals surface area (Å²) in [4.78, 5) is 31.4. The quantitative estimate of drug-likeness (QED) is 0.743. The smallest absolute Gasteiger partial charge is 0.262 e. The van der Waals surface area contributed by atoms with Gasteiger partial charge in [0.05, 0.1) is 11.7 Å². The van der Waals surface area contributed by atoms with Crippen LogP contribution >= 0.6 is 22.9 Å². The van der Waals surface area contributed by atoms with E-state index in [0.717, 1.165) is 16.9 Å². The van der Waals surface area contributed by atoms with Crippen LogP contribution in [0.1, 0.15) is 30.3 Å². The van der Waals surface area contributed by atoms with Gasteiger partial charge in [0.25, 0.3) is 5.56 Å². The number of fused-ring (bicyclic) bond motifs is 1. The molecule has 0 aliphatic rings. The fraction of sp³-hybridized carbons (Fsp3) is 0.278. The molecule has 2 heterocycles. The van der Waals surface area contributed by atoms with Gasteiger partial charge in [0, 0.05) is 15.6 Å².